The third-order valence-corrected chi connectivity index (χ3v) is 4.97. The summed E-state index contributed by atoms with van der Waals surface area (Å²) in [6.45, 7) is 0. The summed E-state index contributed by atoms with van der Waals surface area (Å²) in [4.78, 5) is 4.02. The first kappa shape index (κ1) is 12.2. The summed E-state index contributed by atoms with van der Waals surface area (Å²) in [6, 6.07) is 4.09. The van der Waals surface area contributed by atoms with Gasteiger partial charge in [-0.25, -0.2) is 0 Å². The maximum atomic E-state index is 10.2. The van der Waals surface area contributed by atoms with Crippen LogP contribution in [0.15, 0.2) is 24.5 Å². The number of aliphatic hydroxyl groups excluding tert-OH is 1. The van der Waals surface area contributed by atoms with Crippen molar-refractivity contribution in [1.82, 2.24) is 4.98 Å². The predicted octanol–water partition coefficient (Wildman–Crippen LogP) is 3.20. The van der Waals surface area contributed by atoms with Crippen LogP contribution in [-0.2, 0) is 6.42 Å². The summed E-state index contributed by atoms with van der Waals surface area (Å²) in [5.41, 5.74) is 1.29. The minimum atomic E-state index is -0.109. The van der Waals surface area contributed by atoms with E-state index < -0.39 is 0 Å². The molecule has 4 unspecified atom stereocenters. The molecule has 1 heterocycles. The Hall–Kier alpha value is -0.890. The van der Waals surface area contributed by atoms with Gasteiger partial charge in [-0.1, -0.05) is 6.42 Å². The van der Waals surface area contributed by atoms with E-state index in [0.29, 0.717) is 0 Å². The van der Waals surface area contributed by atoms with Gasteiger partial charge in [-0.2, -0.15) is 0 Å². The smallest absolute Gasteiger partial charge is 0.0546 e. The van der Waals surface area contributed by atoms with Crippen molar-refractivity contribution in [3.63, 3.8) is 0 Å². The van der Waals surface area contributed by atoms with Gasteiger partial charge in [-0.05, 0) is 74.0 Å². The lowest BCUT2D eigenvalue weighted by Crippen LogP contribution is -2.19. The zero-order valence-corrected chi connectivity index (χ0v) is 11.0. The minimum Gasteiger partial charge on any atom is -0.393 e. The molecule has 2 bridgehead atoms. The van der Waals surface area contributed by atoms with E-state index in [9.17, 15) is 5.11 Å². The van der Waals surface area contributed by atoms with E-state index in [1.54, 1.807) is 0 Å². The molecule has 0 spiro atoms. The average Bonchev–Trinajstić information content (AvgIpc) is 3.00. The molecule has 2 nitrogen and oxygen atoms in total. The van der Waals surface area contributed by atoms with Crippen LogP contribution in [0.3, 0.4) is 0 Å². The summed E-state index contributed by atoms with van der Waals surface area (Å²) in [6.07, 6.45) is 12.2. The number of hydrogen-bond donors (Lipinski definition) is 1. The molecule has 2 heteroatoms. The van der Waals surface area contributed by atoms with Crippen LogP contribution >= 0.6 is 0 Å². The number of aryl methyl sites for hydroxylation is 1. The molecule has 2 fully saturated rings. The molecule has 4 atom stereocenters. The Bertz CT molecular complexity index is 378. The summed E-state index contributed by atoms with van der Waals surface area (Å²) < 4.78 is 0. The summed E-state index contributed by atoms with van der Waals surface area (Å²) in [5.74, 6) is 2.74. The fourth-order valence-electron chi connectivity index (χ4n) is 4.02. The van der Waals surface area contributed by atoms with E-state index in [-0.39, 0.29) is 6.10 Å². The molecule has 0 aromatic carbocycles. The SMILES string of the molecule is OC(CCc1ccncc1)CC1CC2CCC1C2. The topological polar surface area (TPSA) is 33.1 Å². The van der Waals surface area contributed by atoms with Crippen molar-refractivity contribution in [2.45, 2.75) is 51.0 Å². The number of rotatable bonds is 5. The molecule has 0 aliphatic heterocycles. The van der Waals surface area contributed by atoms with Gasteiger partial charge < -0.3 is 5.11 Å². The van der Waals surface area contributed by atoms with E-state index >= 15 is 0 Å². The second kappa shape index (κ2) is 5.40. The molecule has 1 aromatic heterocycles. The number of aromatic nitrogens is 1. The highest BCUT2D eigenvalue weighted by Crippen LogP contribution is 2.50. The van der Waals surface area contributed by atoms with E-state index in [2.05, 4.69) is 4.98 Å². The monoisotopic (exact) mass is 245 g/mol. The Balaban J connectivity index is 1.43. The Morgan fingerprint density at radius 3 is 2.72 bits per heavy atom. The summed E-state index contributed by atoms with van der Waals surface area (Å²) >= 11 is 0. The molecule has 0 radical (unpaired) electrons. The lowest BCUT2D eigenvalue weighted by Gasteiger charge is -2.24. The Labute approximate surface area is 109 Å². The molecule has 2 aliphatic rings. The Morgan fingerprint density at radius 1 is 1.22 bits per heavy atom. The quantitative estimate of drug-likeness (QED) is 0.864. The molecule has 0 amide bonds. The number of fused-ring (bicyclic) bond motifs is 2. The van der Waals surface area contributed by atoms with Crippen LogP contribution in [0.2, 0.25) is 0 Å². The van der Waals surface area contributed by atoms with E-state index in [4.69, 9.17) is 0 Å². The van der Waals surface area contributed by atoms with Gasteiger partial charge in [0.25, 0.3) is 0 Å². The number of aliphatic hydroxyl groups is 1. The highest BCUT2D eigenvalue weighted by Gasteiger charge is 2.39. The molecule has 0 saturated heterocycles. The maximum absolute atomic E-state index is 10.2. The minimum absolute atomic E-state index is 0.109. The fraction of sp³-hybridized carbons (Fsp3) is 0.688. The first-order valence-corrected chi connectivity index (χ1v) is 7.38. The zero-order chi connectivity index (χ0) is 12.4. The Kier molecular flexibility index (Phi) is 3.64. The molecular weight excluding hydrogens is 222 g/mol. The van der Waals surface area contributed by atoms with Crippen LogP contribution in [0.1, 0.15) is 44.1 Å². The fourth-order valence-corrected chi connectivity index (χ4v) is 4.02. The van der Waals surface area contributed by atoms with Crippen molar-refractivity contribution in [1.29, 1.82) is 0 Å². The van der Waals surface area contributed by atoms with E-state index in [0.717, 1.165) is 37.0 Å². The molecule has 2 aliphatic carbocycles. The van der Waals surface area contributed by atoms with Gasteiger partial charge in [0.15, 0.2) is 0 Å². The van der Waals surface area contributed by atoms with Crippen LogP contribution in [0, 0.1) is 17.8 Å². The van der Waals surface area contributed by atoms with Crippen molar-refractivity contribution in [3.05, 3.63) is 30.1 Å². The van der Waals surface area contributed by atoms with Crippen molar-refractivity contribution >= 4 is 0 Å². The largest absolute Gasteiger partial charge is 0.393 e. The zero-order valence-electron chi connectivity index (χ0n) is 11.0. The standard InChI is InChI=1S/C16H23NO/c18-16(4-2-12-5-7-17-8-6-12)11-15-10-13-1-3-14(15)9-13/h5-8,13-16,18H,1-4,9-11H2. The highest BCUT2D eigenvalue weighted by atomic mass is 16.3. The number of nitrogens with zero attached hydrogens (tertiary/aromatic N) is 1. The second-order valence-corrected chi connectivity index (χ2v) is 6.22. The molecular formula is C16H23NO. The number of hydrogen-bond acceptors (Lipinski definition) is 2. The first-order valence-electron chi connectivity index (χ1n) is 7.38. The van der Waals surface area contributed by atoms with Gasteiger partial charge in [-0.15, -0.1) is 0 Å². The normalized spacial score (nSPS) is 31.7. The maximum Gasteiger partial charge on any atom is 0.0546 e. The lowest BCUT2D eigenvalue weighted by atomic mass is 9.84. The molecule has 1 aromatic rings. The van der Waals surface area contributed by atoms with Gasteiger partial charge in [0.05, 0.1) is 6.10 Å². The third kappa shape index (κ3) is 2.74. The average molecular weight is 245 g/mol. The van der Waals surface area contributed by atoms with E-state index in [1.807, 2.05) is 24.5 Å². The Morgan fingerprint density at radius 2 is 2.06 bits per heavy atom. The molecule has 98 valence electrons. The molecule has 18 heavy (non-hydrogen) atoms. The van der Waals surface area contributed by atoms with Gasteiger partial charge in [0.1, 0.15) is 0 Å². The summed E-state index contributed by atoms with van der Waals surface area (Å²) in [5, 5.41) is 10.2. The molecule has 1 N–H and O–H groups in total. The number of pyridine rings is 1. The van der Waals surface area contributed by atoms with Crippen LogP contribution in [-0.4, -0.2) is 16.2 Å². The van der Waals surface area contributed by atoms with Crippen molar-refractivity contribution < 1.29 is 5.11 Å². The van der Waals surface area contributed by atoms with Crippen LogP contribution in [0.25, 0.3) is 0 Å². The third-order valence-electron chi connectivity index (χ3n) is 4.97. The van der Waals surface area contributed by atoms with Gasteiger partial charge in [0.2, 0.25) is 0 Å². The van der Waals surface area contributed by atoms with Crippen molar-refractivity contribution in [2.24, 2.45) is 17.8 Å². The van der Waals surface area contributed by atoms with Gasteiger partial charge >= 0.3 is 0 Å². The van der Waals surface area contributed by atoms with Crippen molar-refractivity contribution in [2.75, 3.05) is 0 Å². The lowest BCUT2D eigenvalue weighted by molar-refractivity contribution is 0.117. The van der Waals surface area contributed by atoms with E-state index in [1.165, 1.54) is 31.2 Å². The van der Waals surface area contributed by atoms with Crippen LogP contribution in [0.5, 0.6) is 0 Å². The second-order valence-electron chi connectivity index (χ2n) is 6.22. The molecule has 3 rings (SSSR count). The molecule has 2 saturated carbocycles. The highest BCUT2D eigenvalue weighted by molar-refractivity contribution is 5.09. The summed E-state index contributed by atoms with van der Waals surface area (Å²) in [7, 11) is 0. The first-order chi connectivity index (χ1) is 8.81. The van der Waals surface area contributed by atoms with Gasteiger partial charge in [-0.3, -0.25) is 4.98 Å². The van der Waals surface area contributed by atoms with Crippen molar-refractivity contribution in [3.8, 4) is 0 Å². The van der Waals surface area contributed by atoms with Gasteiger partial charge in [0, 0.05) is 12.4 Å². The van der Waals surface area contributed by atoms with Crippen LogP contribution < -0.4 is 0 Å². The predicted molar refractivity (Wildman–Crippen MR) is 72.1 cm³/mol. The van der Waals surface area contributed by atoms with Crippen LogP contribution in [0.4, 0.5) is 0 Å².